The summed E-state index contributed by atoms with van der Waals surface area (Å²) in [5, 5.41) is 9.38. The zero-order valence-corrected chi connectivity index (χ0v) is 12.1. The van der Waals surface area contributed by atoms with Crippen molar-refractivity contribution in [3.05, 3.63) is 46.5 Å². The van der Waals surface area contributed by atoms with Gasteiger partial charge < -0.3 is 14.6 Å². The van der Waals surface area contributed by atoms with Crippen LogP contribution >= 0.6 is 15.9 Å². The highest BCUT2D eigenvalue weighted by Crippen LogP contribution is 2.25. The highest BCUT2D eigenvalue weighted by Gasteiger charge is 2.10. The molecule has 2 aromatic rings. The molecule has 1 aromatic carbocycles. The highest BCUT2D eigenvalue weighted by molar-refractivity contribution is 9.10. The monoisotopic (exact) mass is 309 g/mol. The van der Waals surface area contributed by atoms with E-state index in [1.165, 1.54) is 0 Å². The van der Waals surface area contributed by atoms with Crippen molar-refractivity contribution in [1.82, 2.24) is 9.55 Å². The number of hydrogen-bond donors (Lipinski definition) is 1. The molecular formula is C13H16BrN3O. The number of aliphatic hydroxyl groups is 1. The van der Waals surface area contributed by atoms with Crippen LogP contribution < -0.4 is 4.90 Å². The largest absolute Gasteiger partial charge is 0.392 e. The summed E-state index contributed by atoms with van der Waals surface area (Å²) in [6.07, 6.45) is 3.72. The third kappa shape index (κ3) is 2.73. The normalized spacial score (nSPS) is 10.7. The second kappa shape index (κ2) is 5.54. The van der Waals surface area contributed by atoms with E-state index in [1.807, 2.05) is 43.1 Å². The van der Waals surface area contributed by atoms with Crippen LogP contribution in [0.4, 0.5) is 5.69 Å². The molecule has 0 aliphatic carbocycles. The summed E-state index contributed by atoms with van der Waals surface area (Å²) in [7, 11) is 3.97. The number of hydrogen-bond acceptors (Lipinski definition) is 3. The molecule has 0 aliphatic heterocycles. The van der Waals surface area contributed by atoms with Gasteiger partial charge in [-0.25, -0.2) is 4.98 Å². The van der Waals surface area contributed by atoms with Crippen LogP contribution in [0.2, 0.25) is 0 Å². The van der Waals surface area contributed by atoms with E-state index in [9.17, 15) is 5.11 Å². The van der Waals surface area contributed by atoms with Gasteiger partial charge >= 0.3 is 0 Å². The van der Waals surface area contributed by atoms with Crippen LogP contribution in [0.25, 0.3) is 0 Å². The maximum atomic E-state index is 9.38. The van der Waals surface area contributed by atoms with Crippen LogP contribution in [-0.2, 0) is 20.2 Å². The Bertz CT molecular complexity index is 539. The van der Waals surface area contributed by atoms with E-state index in [4.69, 9.17) is 0 Å². The first-order valence-corrected chi connectivity index (χ1v) is 6.47. The number of aliphatic hydroxyl groups excluding tert-OH is 1. The second-order valence-corrected chi connectivity index (χ2v) is 5.16. The Kier molecular flexibility index (Phi) is 4.04. The summed E-state index contributed by atoms with van der Waals surface area (Å²) < 4.78 is 2.99. The fourth-order valence-electron chi connectivity index (χ4n) is 1.87. The molecule has 0 fully saturated rings. The van der Waals surface area contributed by atoms with Gasteiger partial charge in [0.1, 0.15) is 5.82 Å². The van der Waals surface area contributed by atoms with Crippen molar-refractivity contribution in [3.8, 4) is 0 Å². The Morgan fingerprint density at radius 2 is 2.22 bits per heavy atom. The number of benzene rings is 1. The molecule has 1 aromatic heterocycles. The predicted molar refractivity (Wildman–Crippen MR) is 75.4 cm³/mol. The molecule has 0 amide bonds. The van der Waals surface area contributed by atoms with Gasteiger partial charge in [-0.2, -0.15) is 0 Å². The van der Waals surface area contributed by atoms with Crippen molar-refractivity contribution < 1.29 is 5.11 Å². The van der Waals surface area contributed by atoms with E-state index in [1.54, 1.807) is 6.20 Å². The van der Waals surface area contributed by atoms with Gasteiger partial charge in [0.2, 0.25) is 0 Å². The fraction of sp³-hybridized carbons (Fsp3) is 0.308. The maximum absolute atomic E-state index is 9.38. The summed E-state index contributed by atoms with van der Waals surface area (Å²) in [5.41, 5.74) is 1.92. The lowest BCUT2D eigenvalue weighted by Gasteiger charge is -2.22. The van der Waals surface area contributed by atoms with Crippen LogP contribution in [0.3, 0.4) is 0 Å². The Hall–Kier alpha value is -1.33. The summed E-state index contributed by atoms with van der Waals surface area (Å²) in [6, 6.07) is 5.87. The van der Waals surface area contributed by atoms with Crippen molar-refractivity contribution in [2.75, 3.05) is 11.9 Å². The van der Waals surface area contributed by atoms with Crippen molar-refractivity contribution in [2.45, 2.75) is 13.2 Å². The molecule has 0 unspecified atom stereocenters. The van der Waals surface area contributed by atoms with Crippen LogP contribution in [0, 0.1) is 0 Å². The average molecular weight is 310 g/mol. The first-order chi connectivity index (χ1) is 8.61. The smallest absolute Gasteiger partial charge is 0.127 e. The Balaban J connectivity index is 2.25. The quantitative estimate of drug-likeness (QED) is 0.942. The number of nitrogens with zero attached hydrogens (tertiary/aromatic N) is 3. The van der Waals surface area contributed by atoms with E-state index < -0.39 is 0 Å². The molecule has 0 radical (unpaired) electrons. The lowest BCUT2D eigenvalue weighted by Crippen LogP contribution is -2.20. The molecule has 0 aliphatic rings. The first-order valence-electron chi connectivity index (χ1n) is 5.68. The lowest BCUT2D eigenvalue weighted by molar-refractivity contribution is 0.282. The molecule has 4 nitrogen and oxygen atoms in total. The average Bonchev–Trinajstić information content (AvgIpc) is 2.75. The first kappa shape index (κ1) is 13.1. The lowest BCUT2D eigenvalue weighted by atomic mass is 10.1. The number of anilines is 1. The Morgan fingerprint density at radius 1 is 1.44 bits per heavy atom. The minimum atomic E-state index is 0.0352. The van der Waals surface area contributed by atoms with Gasteiger partial charge in [-0.3, -0.25) is 0 Å². The minimum Gasteiger partial charge on any atom is -0.392 e. The van der Waals surface area contributed by atoms with Gasteiger partial charge in [-0.15, -0.1) is 0 Å². The SMILES string of the molecule is CN(Cc1nccn1C)c1cc(Br)ccc1CO. The molecule has 0 atom stereocenters. The molecule has 0 bridgehead atoms. The molecule has 0 spiro atoms. The summed E-state index contributed by atoms with van der Waals surface area (Å²) >= 11 is 3.46. The fourth-order valence-corrected chi connectivity index (χ4v) is 2.22. The zero-order valence-electron chi connectivity index (χ0n) is 10.5. The van der Waals surface area contributed by atoms with Gasteiger partial charge in [-0.05, 0) is 12.1 Å². The molecule has 1 heterocycles. The van der Waals surface area contributed by atoms with Crippen molar-refractivity contribution in [2.24, 2.45) is 7.05 Å². The van der Waals surface area contributed by atoms with Crippen LogP contribution in [-0.4, -0.2) is 21.7 Å². The zero-order chi connectivity index (χ0) is 13.1. The molecule has 5 heteroatoms. The van der Waals surface area contributed by atoms with Crippen molar-refractivity contribution in [1.29, 1.82) is 0 Å². The Labute approximate surface area is 115 Å². The van der Waals surface area contributed by atoms with Gasteiger partial charge in [0.05, 0.1) is 13.2 Å². The third-order valence-electron chi connectivity index (χ3n) is 2.93. The standard InChI is InChI=1S/C13H16BrN3O/c1-16-6-5-15-13(16)8-17(2)12-7-11(14)4-3-10(12)9-18/h3-7,18H,8-9H2,1-2H3. The highest BCUT2D eigenvalue weighted by atomic mass is 79.9. The number of halogens is 1. The number of rotatable bonds is 4. The molecular weight excluding hydrogens is 294 g/mol. The predicted octanol–water partition coefficient (Wildman–Crippen LogP) is 2.31. The van der Waals surface area contributed by atoms with E-state index in [-0.39, 0.29) is 6.61 Å². The van der Waals surface area contributed by atoms with E-state index in [0.717, 1.165) is 21.5 Å². The van der Waals surface area contributed by atoms with Crippen molar-refractivity contribution in [3.63, 3.8) is 0 Å². The molecule has 1 N–H and O–H groups in total. The molecule has 0 saturated carbocycles. The van der Waals surface area contributed by atoms with Gasteiger partial charge in [-0.1, -0.05) is 22.0 Å². The molecule has 18 heavy (non-hydrogen) atoms. The molecule has 0 saturated heterocycles. The van der Waals surface area contributed by atoms with Gasteiger partial charge in [0, 0.05) is 42.2 Å². The van der Waals surface area contributed by atoms with E-state index in [2.05, 4.69) is 25.8 Å². The maximum Gasteiger partial charge on any atom is 0.127 e. The number of aromatic nitrogens is 2. The summed E-state index contributed by atoms with van der Waals surface area (Å²) in [6.45, 7) is 0.737. The van der Waals surface area contributed by atoms with E-state index >= 15 is 0 Å². The van der Waals surface area contributed by atoms with E-state index in [0.29, 0.717) is 6.54 Å². The summed E-state index contributed by atoms with van der Waals surface area (Å²) in [4.78, 5) is 6.39. The second-order valence-electron chi connectivity index (χ2n) is 4.24. The number of aryl methyl sites for hydroxylation is 1. The topological polar surface area (TPSA) is 41.3 Å². The van der Waals surface area contributed by atoms with Crippen LogP contribution in [0.1, 0.15) is 11.4 Å². The van der Waals surface area contributed by atoms with Gasteiger partial charge in [0.15, 0.2) is 0 Å². The molecule has 96 valence electrons. The van der Waals surface area contributed by atoms with Crippen LogP contribution in [0.5, 0.6) is 0 Å². The van der Waals surface area contributed by atoms with Crippen molar-refractivity contribution >= 4 is 21.6 Å². The third-order valence-corrected chi connectivity index (χ3v) is 3.42. The number of imidazole rings is 1. The Morgan fingerprint density at radius 3 is 2.83 bits per heavy atom. The minimum absolute atomic E-state index is 0.0352. The van der Waals surface area contributed by atoms with Gasteiger partial charge in [0.25, 0.3) is 0 Å². The summed E-state index contributed by atoms with van der Waals surface area (Å²) in [5.74, 6) is 0.987. The molecule has 2 rings (SSSR count). The van der Waals surface area contributed by atoms with Crippen LogP contribution in [0.15, 0.2) is 35.1 Å².